The number of ether oxygens (including phenoxy) is 2. The van der Waals surface area contributed by atoms with Gasteiger partial charge in [-0.1, -0.05) is 19.3 Å². The summed E-state index contributed by atoms with van der Waals surface area (Å²) >= 11 is 0. The molecular weight excluding hydrogens is 342 g/mol. The summed E-state index contributed by atoms with van der Waals surface area (Å²) in [5.74, 6) is 1.53. The molecule has 3 saturated carbocycles. The third kappa shape index (κ3) is 5.58. The van der Waals surface area contributed by atoms with Gasteiger partial charge in [0.2, 0.25) is 0 Å². The highest BCUT2D eigenvalue weighted by Crippen LogP contribution is 2.53. The molecule has 6 nitrogen and oxygen atoms in total. The molecule has 0 heterocycles. The molecule has 3 N–H and O–H groups in total. The van der Waals surface area contributed by atoms with Crippen LogP contribution in [-0.2, 0) is 9.47 Å². The maximum atomic E-state index is 10.2. The first-order valence-electron chi connectivity index (χ1n) is 11.1. The Kier molecular flexibility index (Phi) is 7.79. The monoisotopic (exact) mass is 381 g/mol. The van der Waals surface area contributed by atoms with Crippen molar-refractivity contribution in [1.29, 1.82) is 0 Å². The second-order valence-electron chi connectivity index (χ2n) is 8.52. The Morgan fingerprint density at radius 1 is 1.22 bits per heavy atom. The minimum atomic E-state index is -0.541. The summed E-state index contributed by atoms with van der Waals surface area (Å²) in [6, 6.07) is 0.412. The van der Waals surface area contributed by atoms with Crippen molar-refractivity contribution in [3.05, 3.63) is 0 Å². The van der Waals surface area contributed by atoms with Crippen molar-refractivity contribution in [2.24, 2.45) is 16.3 Å². The minimum absolute atomic E-state index is 0.260. The lowest BCUT2D eigenvalue weighted by Crippen LogP contribution is -2.66. The number of hydrogen-bond donors (Lipinski definition) is 3. The van der Waals surface area contributed by atoms with E-state index in [0.717, 1.165) is 38.1 Å². The molecule has 0 radical (unpaired) electrons. The third-order valence-corrected chi connectivity index (χ3v) is 6.41. The van der Waals surface area contributed by atoms with Gasteiger partial charge in [0.15, 0.2) is 5.96 Å². The molecule has 0 bridgehead atoms. The zero-order valence-corrected chi connectivity index (χ0v) is 17.2. The lowest BCUT2D eigenvalue weighted by atomic mass is 9.55. The van der Waals surface area contributed by atoms with Gasteiger partial charge in [-0.25, -0.2) is 0 Å². The predicted molar refractivity (Wildman–Crippen MR) is 108 cm³/mol. The molecule has 0 aromatic heterocycles. The van der Waals surface area contributed by atoms with Gasteiger partial charge in [-0.2, -0.15) is 0 Å². The molecular formula is C21H39N3O3. The second kappa shape index (κ2) is 10.1. The first-order chi connectivity index (χ1) is 13.2. The summed E-state index contributed by atoms with van der Waals surface area (Å²) < 4.78 is 11.6. The zero-order chi connectivity index (χ0) is 19.1. The molecule has 1 spiro atoms. The quantitative estimate of drug-likeness (QED) is 0.400. The van der Waals surface area contributed by atoms with Crippen LogP contribution in [0, 0.1) is 11.3 Å². The van der Waals surface area contributed by atoms with Gasteiger partial charge in [0.25, 0.3) is 0 Å². The summed E-state index contributed by atoms with van der Waals surface area (Å²) in [5, 5.41) is 17.1. The summed E-state index contributed by atoms with van der Waals surface area (Å²) in [5.41, 5.74) is 0.260. The van der Waals surface area contributed by atoms with E-state index in [1.807, 2.05) is 0 Å². The molecule has 0 saturated heterocycles. The summed E-state index contributed by atoms with van der Waals surface area (Å²) in [4.78, 5) is 4.62. The number of aliphatic hydroxyl groups excluding tert-OH is 1. The van der Waals surface area contributed by atoms with Gasteiger partial charge in [-0.15, -0.1) is 0 Å². The van der Waals surface area contributed by atoms with Crippen LogP contribution >= 0.6 is 0 Å². The predicted octanol–water partition coefficient (Wildman–Crippen LogP) is 2.46. The SMILES string of the molecule is CCNC(=NCC(O)COCC1CC1)NC1CC(OCC)C12CCCCC2. The van der Waals surface area contributed by atoms with Gasteiger partial charge in [0.1, 0.15) is 0 Å². The Hall–Kier alpha value is -0.850. The van der Waals surface area contributed by atoms with Crippen LogP contribution in [0.15, 0.2) is 4.99 Å². The highest BCUT2D eigenvalue weighted by Gasteiger charge is 2.55. The number of guanidine groups is 1. The molecule has 3 aliphatic carbocycles. The van der Waals surface area contributed by atoms with E-state index in [9.17, 15) is 5.11 Å². The van der Waals surface area contributed by atoms with Crippen molar-refractivity contribution in [3.8, 4) is 0 Å². The van der Waals surface area contributed by atoms with Gasteiger partial charge in [0.05, 0.1) is 25.4 Å². The fourth-order valence-corrected chi connectivity index (χ4v) is 4.66. The lowest BCUT2D eigenvalue weighted by Gasteiger charge is -2.58. The highest BCUT2D eigenvalue weighted by molar-refractivity contribution is 5.80. The maximum absolute atomic E-state index is 10.2. The van der Waals surface area contributed by atoms with Crippen molar-refractivity contribution in [2.75, 3.05) is 32.9 Å². The first-order valence-corrected chi connectivity index (χ1v) is 11.1. The van der Waals surface area contributed by atoms with Gasteiger partial charge in [-0.05, 0) is 51.9 Å². The molecule has 0 aromatic rings. The Morgan fingerprint density at radius 3 is 2.67 bits per heavy atom. The standard InChI is InChI=1S/C21H39N3O3/c1-3-22-20(23-13-17(25)15-26-14-16-8-9-16)24-18-12-19(27-4-2)21(18)10-6-5-7-11-21/h16-19,25H,3-15H2,1-2H3,(H2,22,23,24). The Bertz CT molecular complexity index is 475. The van der Waals surface area contributed by atoms with Gasteiger partial charge in [-0.3, -0.25) is 4.99 Å². The topological polar surface area (TPSA) is 75.1 Å². The van der Waals surface area contributed by atoms with E-state index < -0.39 is 6.10 Å². The van der Waals surface area contributed by atoms with Crippen molar-refractivity contribution in [1.82, 2.24) is 10.6 Å². The minimum Gasteiger partial charge on any atom is -0.389 e. The van der Waals surface area contributed by atoms with Crippen molar-refractivity contribution < 1.29 is 14.6 Å². The molecule has 3 aliphatic rings. The van der Waals surface area contributed by atoms with Crippen LogP contribution in [0.4, 0.5) is 0 Å². The molecule has 3 atom stereocenters. The molecule has 3 rings (SSSR count). The molecule has 27 heavy (non-hydrogen) atoms. The smallest absolute Gasteiger partial charge is 0.191 e. The Labute approximate surface area is 164 Å². The molecule has 3 unspecified atom stereocenters. The molecule has 3 fully saturated rings. The van der Waals surface area contributed by atoms with Crippen LogP contribution < -0.4 is 10.6 Å². The van der Waals surface area contributed by atoms with Crippen LogP contribution in [-0.4, -0.2) is 62.2 Å². The third-order valence-electron chi connectivity index (χ3n) is 6.41. The van der Waals surface area contributed by atoms with E-state index >= 15 is 0 Å². The fraction of sp³-hybridized carbons (Fsp3) is 0.952. The van der Waals surface area contributed by atoms with Gasteiger partial charge >= 0.3 is 0 Å². The van der Waals surface area contributed by atoms with Gasteiger partial charge in [0, 0.05) is 31.2 Å². The number of nitrogens with one attached hydrogen (secondary N) is 2. The normalized spacial score (nSPS) is 28.6. The average molecular weight is 382 g/mol. The van der Waals surface area contributed by atoms with E-state index in [1.165, 1.54) is 44.9 Å². The molecule has 0 aromatic carbocycles. The molecule has 0 aliphatic heterocycles. The maximum Gasteiger partial charge on any atom is 0.191 e. The Morgan fingerprint density at radius 2 is 2.00 bits per heavy atom. The van der Waals surface area contributed by atoms with Gasteiger partial charge < -0.3 is 25.2 Å². The van der Waals surface area contributed by atoms with Crippen molar-refractivity contribution >= 4 is 5.96 Å². The average Bonchev–Trinajstić information content (AvgIpc) is 3.50. The number of rotatable bonds is 10. The highest BCUT2D eigenvalue weighted by atomic mass is 16.5. The van der Waals surface area contributed by atoms with Crippen molar-refractivity contribution in [2.45, 2.75) is 83.5 Å². The summed E-state index contributed by atoms with van der Waals surface area (Å²) in [6.07, 6.45) is 9.85. The molecule has 6 heteroatoms. The largest absolute Gasteiger partial charge is 0.389 e. The number of nitrogens with zero attached hydrogens (tertiary/aromatic N) is 1. The van der Waals surface area contributed by atoms with Crippen molar-refractivity contribution in [3.63, 3.8) is 0 Å². The molecule has 156 valence electrons. The van der Waals surface area contributed by atoms with E-state index in [1.54, 1.807) is 0 Å². The van der Waals surface area contributed by atoms with Crippen LogP contribution in [0.2, 0.25) is 0 Å². The van der Waals surface area contributed by atoms with Crippen LogP contribution in [0.25, 0.3) is 0 Å². The Balaban J connectivity index is 1.51. The summed E-state index contributed by atoms with van der Waals surface area (Å²) in [6.45, 7) is 7.30. The number of hydrogen-bond acceptors (Lipinski definition) is 4. The second-order valence-corrected chi connectivity index (χ2v) is 8.52. The fourth-order valence-electron chi connectivity index (χ4n) is 4.66. The van der Waals surface area contributed by atoms with E-state index in [2.05, 4.69) is 29.5 Å². The van der Waals surface area contributed by atoms with E-state index in [0.29, 0.717) is 25.3 Å². The summed E-state index contributed by atoms with van der Waals surface area (Å²) in [7, 11) is 0. The van der Waals surface area contributed by atoms with Crippen LogP contribution in [0.1, 0.15) is 65.2 Å². The lowest BCUT2D eigenvalue weighted by molar-refractivity contribution is -0.145. The number of aliphatic hydroxyl groups is 1. The first kappa shape index (κ1) is 20.9. The van der Waals surface area contributed by atoms with E-state index in [4.69, 9.17) is 9.47 Å². The van der Waals surface area contributed by atoms with Crippen LogP contribution in [0.3, 0.4) is 0 Å². The van der Waals surface area contributed by atoms with E-state index in [-0.39, 0.29) is 5.41 Å². The number of aliphatic imine (C=N–C) groups is 1. The van der Waals surface area contributed by atoms with Crippen LogP contribution in [0.5, 0.6) is 0 Å². The zero-order valence-electron chi connectivity index (χ0n) is 17.2. The molecule has 0 amide bonds.